The first-order valence-electron chi connectivity index (χ1n) is 11.2. The molecule has 194 valence electrons. The fourth-order valence-electron chi connectivity index (χ4n) is 3.47. The number of aromatic hydroxyl groups is 1. The van der Waals surface area contributed by atoms with Crippen molar-refractivity contribution >= 4 is 51.2 Å². The summed E-state index contributed by atoms with van der Waals surface area (Å²) >= 11 is 4.34. The van der Waals surface area contributed by atoms with E-state index in [1.54, 1.807) is 0 Å². The Labute approximate surface area is 230 Å². The fraction of sp³-hybridized carbons (Fsp3) is 0.120. The molecule has 0 saturated carbocycles. The molecule has 3 N–H and O–H groups in total. The fourth-order valence-corrected chi connectivity index (χ4v) is 4.70. The molecule has 11 nitrogen and oxygen atoms in total. The Morgan fingerprint density at radius 1 is 1.18 bits per heavy atom. The van der Waals surface area contributed by atoms with Crippen molar-refractivity contribution in [1.82, 2.24) is 20.2 Å². The Bertz CT molecular complexity index is 1490. The second-order valence-electron chi connectivity index (χ2n) is 7.94. The number of amides is 1. The molecule has 0 aliphatic heterocycles. The van der Waals surface area contributed by atoms with Gasteiger partial charge in [0.05, 0.1) is 23.4 Å². The average Bonchev–Trinajstić information content (AvgIpc) is 3.32. The largest absolute Gasteiger partial charge is 0.502 e. The van der Waals surface area contributed by atoms with Crippen LogP contribution in [0.1, 0.15) is 17.0 Å². The Morgan fingerprint density at radius 3 is 2.66 bits per heavy atom. The van der Waals surface area contributed by atoms with Crippen LogP contribution in [-0.4, -0.2) is 42.7 Å². The van der Waals surface area contributed by atoms with Gasteiger partial charge in [-0.05, 0) is 36.8 Å². The number of phenols is 1. The number of benzene rings is 3. The van der Waals surface area contributed by atoms with E-state index in [-0.39, 0.29) is 11.3 Å². The van der Waals surface area contributed by atoms with Crippen molar-refractivity contribution in [2.24, 2.45) is 5.10 Å². The number of para-hydroxylation sites is 2. The van der Waals surface area contributed by atoms with Crippen molar-refractivity contribution in [2.45, 2.75) is 18.6 Å². The molecule has 0 atom stereocenters. The van der Waals surface area contributed by atoms with E-state index >= 15 is 0 Å². The highest BCUT2D eigenvalue weighted by Gasteiger charge is 2.18. The van der Waals surface area contributed by atoms with E-state index in [0.29, 0.717) is 22.0 Å². The third kappa shape index (κ3) is 6.55. The van der Waals surface area contributed by atoms with Gasteiger partial charge >= 0.3 is 5.69 Å². The Hall–Kier alpha value is -4.23. The molecular weight excluding hydrogens is 574 g/mol. The van der Waals surface area contributed by atoms with E-state index in [1.165, 1.54) is 23.9 Å². The number of nitrogens with zero attached hydrogens (tertiary/aromatic N) is 5. The van der Waals surface area contributed by atoms with Crippen LogP contribution in [0.15, 0.2) is 81.5 Å². The van der Waals surface area contributed by atoms with E-state index in [2.05, 4.69) is 42.0 Å². The molecule has 0 radical (unpaired) electrons. The quantitative estimate of drug-likeness (QED) is 0.102. The standard InChI is InChI=1S/C25H22BrN7O4S/c1-16-7-5-6-10-20(16)27-14-22-29-31-25(32(22)19-8-3-2-4-9-19)38-15-23(34)30-28-13-17-11-18(26)12-21(24(17)35)33(36)37/h2-13,27,35H,14-15H2,1H3,(H,30,34)/b28-13+. The van der Waals surface area contributed by atoms with Gasteiger partial charge in [-0.2, -0.15) is 5.10 Å². The number of halogens is 1. The van der Waals surface area contributed by atoms with Gasteiger partial charge in [0.1, 0.15) is 0 Å². The summed E-state index contributed by atoms with van der Waals surface area (Å²) < 4.78 is 2.27. The lowest BCUT2D eigenvalue weighted by atomic mass is 10.2. The topological polar surface area (TPSA) is 148 Å². The summed E-state index contributed by atoms with van der Waals surface area (Å²) in [6.45, 7) is 2.44. The van der Waals surface area contributed by atoms with Crippen molar-refractivity contribution in [3.05, 3.63) is 98.3 Å². The van der Waals surface area contributed by atoms with Crippen LogP contribution in [0.5, 0.6) is 5.75 Å². The number of nitro groups is 1. The van der Waals surface area contributed by atoms with Gasteiger partial charge in [0.15, 0.2) is 11.0 Å². The molecule has 3 aromatic carbocycles. The van der Waals surface area contributed by atoms with Crippen molar-refractivity contribution < 1.29 is 14.8 Å². The zero-order chi connectivity index (χ0) is 27.1. The minimum atomic E-state index is -0.708. The van der Waals surface area contributed by atoms with E-state index < -0.39 is 22.3 Å². The Morgan fingerprint density at radius 2 is 1.92 bits per heavy atom. The maximum atomic E-state index is 12.4. The lowest BCUT2D eigenvalue weighted by Crippen LogP contribution is -2.20. The van der Waals surface area contributed by atoms with Gasteiger partial charge in [-0.3, -0.25) is 19.5 Å². The predicted octanol–water partition coefficient (Wildman–Crippen LogP) is 4.81. The van der Waals surface area contributed by atoms with Crippen molar-refractivity contribution in [1.29, 1.82) is 0 Å². The van der Waals surface area contributed by atoms with Crippen molar-refractivity contribution in [3.63, 3.8) is 0 Å². The smallest absolute Gasteiger partial charge is 0.312 e. The zero-order valence-corrected chi connectivity index (χ0v) is 22.4. The molecule has 4 aromatic rings. The second kappa shape index (κ2) is 12.3. The summed E-state index contributed by atoms with van der Waals surface area (Å²) in [5.74, 6) is -0.323. The number of carbonyl (C=O) groups is 1. The molecule has 4 rings (SSSR count). The monoisotopic (exact) mass is 595 g/mol. The van der Waals surface area contributed by atoms with Gasteiger partial charge in [-0.1, -0.05) is 64.1 Å². The minimum Gasteiger partial charge on any atom is -0.502 e. The maximum absolute atomic E-state index is 12.4. The number of carbonyl (C=O) groups excluding carboxylic acids is 1. The van der Waals surface area contributed by atoms with Crippen LogP contribution in [0.4, 0.5) is 11.4 Å². The number of nitrogens with one attached hydrogen (secondary N) is 2. The van der Waals surface area contributed by atoms with Gasteiger partial charge in [0.2, 0.25) is 5.75 Å². The molecule has 0 unspecified atom stereocenters. The number of aromatic nitrogens is 3. The lowest BCUT2D eigenvalue weighted by molar-refractivity contribution is -0.385. The SMILES string of the molecule is Cc1ccccc1NCc1nnc(SCC(=O)N/N=C/c2cc(Br)cc([N+](=O)[O-])c2O)n1-c1ccccc1. The number of rotatable bonds is 10. The van der Waals surface area contributed by atoms with Crippen LogP contribution in [0.3, 0.4) is 0 Å². The van der Waals surface area contributed by atoms with Gasteiger partial charge in [-0.25, -0.2) is 5.43 Å². The highest BCUT2D eigenvalue weighted by Crippen LogP contribution is 2.32. The lowest BCUT2D eigenvalue weighted by Gasteiger charge is -2.12. The van der Waals surface area contributed by atoms with E-state index in [0.717, 1.165) is 23.2 Å². The minimum absolute atomic E-state index is 0.0157. The van der Waals surface area contributed by atoms with Crippen LogP contribution in [-0.2, 0) is 11.3 Å². The van der Waals surface area contributed by atoms with Gasteiger partial charge in [-0.15, -0.1) is 10.2 Å². The third-order valence-electron chi connectivity index (χ3n) is 5.30. The zero-order valence-electron chi connectivity index (χ0n) is 20.0. The number of anilines is 1. The van der Waals surface area contributed by atoms with Crippen LogP contribution >= 0.6 is 27.7 Å². The molecule has 0 aliphatic carbocycles. The molecule has 38 heavy (non-hydrogen) atoms. The highest BCUT2D eigenvalue weighted by atomic mass is 79.9. The van der Waals surface area contributed by atoms with E-state index in [1.807, 2.05) is 66.1 Å². The molecular formula is C25H22BrN7O4S. The number of hydrogen-bond donors (Lipinski definition) is 3. The highest BCUT2D eigenvalue weighted by molar-refractivity contribution is 9.10. The first-order chi connectivity index (χ1) is 18.3. The molecule has 1 aromatic heterocycles. The molecule has 0 aliphatic rings. The molecule has 0 bridgehead atoms. The van der Waals surface area contributed by atoms with Crippen LogP contribution < -0.4 is 10.7 Å². The van der Waals surface area contributed by atoms with Crippen LogP contribution in [0.25, 0.3) is 5.69 Å². The predicted molar refractivity (Wildman–Crippen MR) is 149 cm³/mol. The van der Waals surface area contributed by atoms with Crippen LogP contribution in [0, 0.1) is 17.0 Å². The van der Waals surface area contributed by atoms with Gasteiger partial charge < -0.3 is 10.4 Å². The Balaban J connectivity index is 1.44. The van der Waals surface area contributed by atoms with Gasteiger partial charge in [0.25, 0.3) is 5.91 Å². The summed E-state index contributed by atoms with van der Waals surface area (Å²) in [7, 11) is 0. The van der Waals surface area contributed by atoms with E-state index in [9.17, 15) is 20.0 Å². The number of hydrazone groups is 1. The summed E-state index contributed by atoms with van der Waals surface area (Å²) in [6, 6.07) is 20.2. The third-order valence-corrected chi connectivity index (χ3v) is 6.69. The second-order valence-corrected chi connectivity index (χ2v) is 9.80. The normalized spacial score (nSPS) is 11.0. The molecule has 13 heteroatoms. The summed E-state index contributed by atoms with van der Waals surface area (Å²) in [6.07, 6.45) is 1.14. The number of aryl methyl sites for hydroxylation is 1. The van der Waals surface area contributed by atoms with E-state index in [4.69, 9.17) is 0 Å². The first kappa shape index (κ1) is 26.8. The average molecular weight is 596 g/mol. The molecule has 0 fully saturated rings. The molecule has 0 spiro atoms. The number of thioether (sulfide) groups is 1. The Kier molecular flexibility index (Phi) is 8.71. The van der Waals surface area contributed by atoms with Crippen molar-refractivity contribution in [2.75, 3.05) is 11.1 Å². The maximum Gasteiger partial charge on any atom is 0.312 e. The number of nitro benzene ring substituents is 1. The van der Waals surface area contributed by atoms with Crippen LogP contribution in [0.2, 0.25) is 0 Å². The first-order valence-corrected chi connectivity index (χ1v) is 13.0. The number of phenolic OH excluding ortho intramolecular Hbond substituents is 1. The van der Waals surface area contributed by atoms with Gasteiger partial charge in [0, 0.05) is 27.5 Å². The molecule has 0 saturated heterocycles. The molecule has 1 heterocycles. The summed E-state index contributed by atoms with van der Waals surface area (Å²) in [5.41, 5.74) is 4.91. The number of hydrogen-bond acceptors (Lipinski definition) is 9. The summed E-state index contributed by atoms with van der Waals surface area (Å²) in [4.78, 5) is 22.8. The van der Waals surface area contributed by atoms with Crippen molar-refractivity contribution in [3.8, 4) is 11.4 Å². The molecule has 1 amide bonds. The summed E-state index contributed by atoms with van der Waals surface area (Å²) in [5, 5.41) is 37.5.